The maximum atomic E-state index is 12.8. The number of amides is 1. The van der Waals surface area contributed by atoms with Crippen molar-refractivity contribution >= 4 is 5.91 Å². The van der Waals surface area contributed by atoms with Gasteiger partial charge in [0, 0.05) is 25.7 Å². The molecular weight excluding hydrogens is 368 g/mol. The molecule has 0 unspecified atom stereocenters. The van der Waals surface area contributed by atoms with Crippen LogP contribution in [-0.2, 0) is 6.42 Å². The van der Waals surface area contributed by atoms with Crippen LogP contribution in [0.15, 0.2) is 47.3 Å². The van der Waals surface area contributed by atoms with Crippen LogP contribution in [0.25, 0.3) is 0 Å². The summed E-state index contributed by atoms with van der Waals surface area (Å²) in [4.78, 5) is 27.5. The molecule has 1 amide bonds. The normalized spacial score (nSPS) is 16.6. The first-order valence-corrected chi connectivity index (χ1v) is 9.78. The fraction of sp³-hybridized carbons (Fsp3) is 0.364. The molecule has 0 bridgehead atoms. The van der Waals surface area contributed by atoms with Gasteiger partial charge in [0.05, 0.1) is 31.1 Å². The van der Waals surface area contributed by atoms with E-state index < -0.39 is 0 Å². The second kappa shape index (κ2) is 8.43. The topological polar surface area (TPSA) is 81.4 Å². The summed E-state index contributed by atoms with van der Waals surface area (Å²) >= 11 is 0. The maximum absolute atomic E-state index is 12.8. The fourth-order valence-corrected chi connectivity index (χ4v) is 3.60. The highest BCUT2D eigenvalue weighted by atomic mass is 16.5. The second-order valence-corrected chi connectivity index (χ2v) is 7.33. The number of nitrogens with zero attached hydrogens (tertiary/aromatic N) is 4. The zero-order chi connectivity index (χ0) is 20.2. The molecule has 7 heteroatoms. The highest BCUT2D eigenvalue weighted by Crippen LogP contribution is 2.28. The van der Waals surface area contributed by atoms with Crippen LogP contribution in [0.3, 0.4) is 0 Å². The van der Waals surface area contributed by atoms with Crippen LogP contribution in [0.1, 0.15) is 52.2 Å². The van der Waals surface area contributed by atoms with Crippen LogP contribution < -0.4 is 4.74 Å². The highest BCUT2D eigenvalue weighted by Gasteiger charge is 2.29. The SMILES string of the molecule is COc1cccc(Cc2cnc([C@@H]3CCCN(C(=O)c4cnc(C)cn4)C3)o2)c1. The Kier molecular flexibility index (Phi) is 5.55. The number of benzene rings is 1. The molecule has 1 aliphatic heterocycles. The minimum atomic E-state index is -0.0923. The molecule has 3 aromatic rings. The monoisotopic (exact) mass is 392 g/mol. The van der Waals surface area contributed by atoms with Gasteiger partial charge in [0.1, 0.15) is 17.2 Å². The standard InChI is InChI=1S/C22H24N4O3/c1-15-11-24-20(13-23-15)22(27)26-8-4-6-17(14-26)21-25-12-19(29-21)10-16-5-3-7-18(9-16)28-2/h3,5,7,9,11-13,17H,4,6,8,10,14H2,1-2H3/t17-/m1/s1. The van der Waals surface area contributed by atoms with E-state index in [0.29, 0.717) is 31.1 Å². The van der Waals surface area contributed by atoms with Crippen LogP contribution in [0.4, 0.5) is 0 Å². The molecule has 0 spiro atoms. The molecule has 3 heterocycles. The summed E-state index contributed by atoms with van der Waals surface area (Å²) in [7, 11) is 1.66. The molecule has 1 atom stereocenters. The van der Waals surface area contributed by atoms with E-state index in [1.807, 2.05) is 36.1 Å². The number of piperidine rings is 1. The average molecular weight is 392 g/mol. The molecule has 0 aliphatic carbocycles. The molecule has 150 valence electrons. The van der Waals surface area contributed by atoms with Crippen LogP contribution >= 0.6 is 0 Å². The smallest absolute Gasteiger partial charge is 0.274 e. The third kappa shape index (κ3) is 4.45. The fourth-order valence-electron chi connectivity index (χ4n) is 3.60. The van der Waals surface area contributed by atoms with Crippen molar-refractivity contribution in [2.45, 2.75) is 32.1 Å². The minimum absolute atomic E-state index is 0.0881. The van der Waals surface area contributed by atoms with E-state index in [4.69, 9.17) is 9.15 Å². The van der Waals surface area contributed by atoms with Crippen LogP contribution in [-0.4, -0.2) is 46.0 Å². The Balaban J connectivity index is 1.43. The van der Waals surface area contributed by atoms with Crippen molar-refractivity contribution in [2.24, 2.45) is 0 Å². The van der Waals surface area contributed by atoms with E-state index in [1.54, 1.807) is 25.7 Å². The number of carbonyl (C=O) groups excluding carboxylic acids is 1. The first-order chi connectivity index (χ1) is 14.1. The lowest BCUT2D eigenvalue weighted by atomic mass is 9.98. The number of carbonyl (C=O) groups is 1. The third-order valence-electron chi connectivity index (χ3n) is 5.14. The van der Waals surface area contributed by atoms with E-state index in [9.17, 15) is 4.79 Å². The van der Waals surface area contributed by atoms with Gasteiger partial charge in [0.25, 0.3) is 5.91 Å². The van der Waals surface area contributed by atoms with Gasteiger partial charge in [-0.15, -0.1) is 0 Å². The Morgan fingerprint density at radius 3 is 2.93 bits per heavy atom. The van der Waals surface area contributed by atoms with Gasteiger partial charge in [-0.3, -0.25) is 9.78 Å². The van der Waals surface area contributed by atoms with E-state index in [0.717, 1.165) is 35.6 Å². The van der Waals surface area contributed by atoms with Gasteiger partial charge >= 0.3 is 0 Å². The summed E-state index contributed by atoms with van der Waals surface area (Å²) in [6, 6.07) is 7.91. The van der Waals surface area contributed by atoms with Crippen molar-refractivity contribution in [3.63, 3.8) is 0 Å². The van der Waals surface area contributed by atoms with Crippen molar-refractivity contribution in [2.75, 3.05) is 20.2 Å². The summed E-state index contributed by atoms with van der Waals surface area (Å²) in [5, 5.41) is 0. The summed E-state index contributed by atoms with van der Waals surface area (Å²) < 4.78 is 11.3. The van der Waals surface area contributed by atoms with Gasteiger partial charge in [0.15, 0.2) is 5.89 Å². The summed E-state index contributed by atoms with van der Waals surface area (Å²) in [5.41, 5.74) is 2.27. The first kappa shape index (κ1) is 19.1. The Morgan fingerprint density at radius 1 is 1.24 bits per heavy atom. The number of oxazole rings is 1. The molecule has 29 heavy (non-hydrogen) atoms. The number of hydrogen-bond acceptors (Lipinski definition) is 6. The highest BCUT2D eigenvalue weighted by molar-refractivity contribution is 5.92. The van der Waals surface area contributed by atoms with Crippen LogP contribution in [0, 0.1) is 6.92 Å². The van der Waals surface area contributed by atoms with Gasteiger partial charge in [-0.05, 0) is 37.5 Å². The molecule has 2 aromatic heterocycles. The van der Waals surface area contributed by atoms with Crippen molar-refractivity contribution in [1.82, 2.24) is 19.9 Å². The molecule has 0 radical (unpaired) electrons. The predicted octanol–water partition coefficient (Wildman–Crippen LogP) is 3.39. The predicted molar refractivity (Wildman–Crippen MR) is 107 cm³/mol. The number of likely N-dealkylation sites (tertiary alicyclic amines) is 1. The lowest BCUT2D eigenvalue weighted by molar-refractivity contribution is 0.0691. The average Bonchev–Trinajstić information content (AvgIpc) is 3.22. The second-order valence-electron chi connectivity index (χ2n) is 7.33. The van der Waals surface area contributed by atoms with Gasteiger partial charge in [0.2, 0.25) is 0 Å². The molecule has 0 saturated carbocycles. The summed E-state index contributed by atoms with van der Waals surface area (Å²) in [5.74, 6) is 2.31. The van der Waals surface area contributed by atoms with E-state index >= 15 is 0 Å². The molecule has 1 aromatic carbocycles. The quantitative estimate of drug-likeness (QED) is 0.662. The molecule has 1 fully saturated rings. The largest absolute Gasteiger partial charge is 0.497 e. The van der Waals surface area contributed by atoms with Crippen LogP contribution in [0.5, 0.6) is 5.75 Å². The first-order valence-electron chi connectivity index (χ1n) is 9.78. The lowest BCUT2D eigenvalue weighted by Gasteiger charge is -2.31. The van der Waals surface area contributed by atoms with Crippen molar-refractivity contribution in [1.29, 1.82) is 0 Å². The molecule has 1 saturated heterocycles. The Morgan fingerprint density at radius 2 is 2.14 bits per heavy atom. The number of aryl methyl sites for hydroxylation is 1. The summed E-state index contributed by atoms with van der Waals surface area (Å²) in [6.07, 6.45) is 7.44. The number of rotatable bonds is 5. The Labute approximate surface area is 169 Å². The van der Waals surface area contributed by atoms with Crippen molar-refractivity contribution in [3.05, 3.63) is 71.5 Å². The Hall–Kier alpha value is -3.22. The zero-order valence-corrected chi connectivity index (χ0v) is 16.7. The molecular formula is C22H24N4O3. The van der Waals surface area contributed by atoms with Gasteiger partial charge in [-0.25, -0.2) is 9.97 Å². The van der Waals surface area contributed by atoms with Gasteiger partial charge in [-0.2, -0.15) is 0 Å². The lowest BCUT2D eigenvalue weighted by Crippen LogP contribution is -2.39. The Bertz CT molecular complexity index is 984. The molecule has 7 nitrogen and oxygen atoms in total. The number of aromatic nitrogens is 3. The van der Waals surface area contributed by atoms with Crippen molar-refractivity contribution in [3.8, 4) is 5.75 Å². The summed E-state index contributed by atoms with van der Waals surface area (Å²) in [6.45, 7) is 3.14. The third-order valence-corrected chi connectivity index (χ3v) is 5.14. The van der Waals surface area contributed by atoms with Gasteiger partial charge < -0.3 is 14.1 Å². The van der Waals surface area contributed by atoms with E-state index in [2.05, 4.69) is 15.0 Å². The van der Waals surface area contributed by atoms with E-state index in [-0.39, 0.29) is 11.8 Å². The molecule has 1 aliphatic rings. The maximum Gasteiger partial charge on any atom is 0.274 e. The van der Waals surface area contributed by atoms with Crippen molar-refractivity contribution < 1.29 is 13.9 Å². The van der Waals surface area contributed by atoms with E-state index in [1.165, 1.54) is 0 Å². The molecule has 4 rings (SSSR count). The minimum Gasteiger partial charge on any atom is -0.497 e. The number of ether oxygens (including phenoxy) is 1. The van der Waals surface area contributed by atoms with Crippen LogP contribution in [0.2, 0.25) is 0 Å². The zero-order valence-electron chi connectivity index (χ0n) is 16.7. The number of methoxy groups -OCH3 is 1. The molecule has 0 N–H and O–H groups in total. The van der Waals surface area contributed by atoms with Gasteiger partial charge in [-0.1, -0.05) is 12.1 Å². The number of hydrogen-bond donors (Lipinski definition) is 0.